The van der Waals surface area contributed by atoms with Gasteiger partial charge in [0.15, 0.2) is 5.03 Å². The molecule has 0 aliphatic carbocycles. The van der Waals surface area contributed by atoms with Gasteiger partial charge in [-0.3, -0.25) is 0 Å². The van der Waals surface area contributed by atoms with Gasteiger partial charge in [0.05, 0.1) is 5.38 Å². The highest BCUT2D eigenvalue weighted by molar-refractivity contribution is 7.73. The molecule has 7 heteroatoms. The summed E-state index contributed by atoms with van der Waals surface area (Å²) >= 11 is 5.47. The lowest BCUT2D eigenvalue weighted by Crippen LogP contribution is -2.06. The molecule has 0 saturated carbocycles. The molecule has 0 bridgehead atoms. The Bertz CT molecular complexity index is 314. The van der Waals surface area contributed by atoms with Crippen molar-refractivity contribution in [3.63, 3.8) is 0 Å². The topological polar surface area (TPSA) is 68.3 Å². The molecule has 10 heavy (non-hydrogen) atoms. The van der Waals surface area contributed by atoms with Crippen LogP contribution in [0.3, 0.4) is 0 Å². The quantitative estimate of drug-likeness (QED) is 0.396. The van der Waals surface area contributed by atoms with E-state index in [0.717, 1.165) is 11.3 Å². The third kappa shape index (κ3) is 1.00. The summed E-state index contributed by atoms with van der Waals surface area (Å²) in [6, 6.07) is 0. The third-order valence-electron chi connectivity index (χ3n) is 0.818. The number of hydrogen-bond donors (Lipinski definition) is 1. The van der Waals surface area contributed by atoms with Gasteiger partial charge in [0.1, 0.15) is 0 Å². The van der Waals surface area contributed by atoms with Crippen molar-refractivity contribution < 1.29 is 10.1 Å². The Balaban J connectivity index is 3.37. The summed E-state index contributed by atoms with van der Waals surface area (Å²) in [5, 5.41) is 19.3. The SMILES string of the molecule is O=[N+]([O-])n1c(O)csc1=S. The van der Waals surface area contributed by atoms with Crippen molar-refractivity contribution in [2.75, 3.05) is 0 Å². The molecule has 1 heterocycles. The smallest absolute Gasteiger partial charge is 0.268 e. The fourth-order valence-electron chi connectivity index (χ4n) is 0.447. The van der Waals surface area contributed by atoms with Crippen LogP contribution in [0.15, 0.2) is 5.38 Å². The maximum atomic E-state index is 10.1. The van der Waals surface area contributed by atoms with E-state index in [9.17, 15) is 10.1 Å². The van der Waals surface area contributed by atoms with Gasteiger partial charge in [-0.2, -0.15) is 0 Å². The highest BCUT2D eigenvalue weighted by Gasteiger charge is 2.10. The van der Waals surface area contributed by atoms with Gasteiger partial charge in [0, 0.05) is 0 Å². The predicted octanol–water partition coefficient (Wildman–Crippen LogP) is 1.02. The van der Waals surface area contributed by atoms with Crippen LogP contribution >= 0.6 is 23.6 Å². The Morgan fingerprint density at radius 3 is 2.70 bits per heavy atom. The van der Waals surface area contributed by atoms with Crippen LogP contribution in [0.1, 0.15) is 0 Å². The fourth-order valence-corrected chi connectivity index (χ4v) is 1.32. The van der Waals surface area contributed by atoms with Gasteiger partial charge >= 0.3 is 0 Å². The van der Waals surface area contributed by atoms with Crippen LogP contribution in [0, 0.1) is 14.1 Å². The molecule has 1 N–H and O–H groups in total. The Hall–Kier alpha value is -0.950. The Morgan fingerprint density at radius 1 is 1.90 bits per heavy atom. The monoisotopic (exact) mass is 178 g/mol. The second-order valence-corrected chi connectivity index (χ2v) is 2.91. The van der Waals surface area contributed by atoms with Crippen LogP contribution in [0.4, 0.5) is 0 Å². The number of nitrogens with zero attached hydrogens (tertiary/aromatic N) is 2. The lowest BCUT2D eigenvalue weighted by molar-refractivity contribution is -0.544. The molecular formula is C3H2N2O3S2. The van der Waals surface area contributed by atoms with E-state index in [2.05, 4.69) is 12.2 Å². The normalized spacial score (nSPS) is 9.60. The number of thiazole rings is 1. The van der Waals surface area contributed by atoms with Crippen molar-refractivity contribution in [1.82, 2.24) is 4.68 Å². The molecule has 0 saturated heterocycles. The number of nitro groups is 1. The standard InChI is InChI=1S/C3H2N2O3S2/c6-2-1-10-3(9)4(2)5(7)8/h1,6H. The first-order valence-corrected chi connectivity index (χ1v) is 3.46. The van der Waals surface area contributed by atoms with E-state index in [1.165, 1.54) is 5.38 Å². The van der Waals surface area contributed by atoms with Crippen LogP contribution in [0.25, 0.3) is 0 Å². The molecule has 1 aromatic rings. The zero-order valence-electron chi connectivity index (χ0n) is 4.55. The van der Waals surface area contributed by atoms with Gasteiger partial charge < -0.3 is 5.11 Å². The minimum Gasteiger partial charge on any atom is -0.490 e. The van der Waals surface area contributed by atoms with Gasteiger partial charge in [-0.1, -0.05) is 0 Å². The zero-order chi connectivity index (χ0) is 7.72. The molecule has 1 aromatic heterocycles. The first-order valence-electron chi connectivity index (χ1n) is 2.17. The van der Waals surface area contributed by atoms with Crippen LogP contribution in [0.2, 0.25) is 0 Å². The van der Waals surface area contributed by atoms with Crippen molar-refractivity contribution in [3.05, 3.63) is 19.4 Å². The van der Waals surface area contributed by atoms with E-state index in [4.69, 9.17) is 5.11 Å². The molecule has 0 unspecified atom stereocenters. The second-order valence-electron chi connectivity index (χ2n) is 1.41. The number of rotatable bonds is 1. The number of hydrogen-bond acceptors (Lipinski definition) is 5. The molecular weight excluding hydrogens is 176 g/mol. The van der Waals surface area contributed by atoms with Gasteiger partial charge in [0.2, 0.25) is 3.95 Å². The maximum absolute atomic E-state index is 10.1. The Kier molecular flexibility index (Phi) is 1.68. The first kappa shape index (κ1) is 7.16. The van der Waals surface area contributed by atoms with Crippen molar-refractivity contribution in [3.8, 4) is 5.88 Å². The van der Waals surface area contributed by atoms with Gasteiger partial charge in [-0.25, -0.2) is 10.1 Å². The lowest BCUT2D eigenvalue weighted by Gasteiger charge is -1.88. The summed E-state index contributed by atoms with van der Waals surface area (Å²) in [6.07, 6.45) is 0. The molecule has 54 valence electrons. The first-order chi connectivity index (χ1) is 4.63. The van der Waals surface area contributed by atoms with E-state index >= 15 is 0 Å². The molecule has 0 aliphatic rings. The Labute approximate surface area is 64.3 Å². The molecule has 0 radical (unpaired) electrons. The lowest BCUT2D eigenvalue weighted by atomic mass is 10.9. The van der Waals surface area contributed by atoms with E-state index in [1.807, 2.05) is 0 Å². The summed E-state index contributed by atoms with van der Waals surface area (Å²) in [5.41, 5.74) is 0. The van der Waals surface area contributed by atoms with E-state index in [-0.39, 0.29) is 3.95 Å². The second kappa shape index (κ2) is 2.35. The van der Waals surface area contributed by atoms with Crippen molar-refractivity contribution in [2.45, 2.75) is 0 Å². The zero-order valence-corrected chi connectivity index (χ0v) is 6.18. The summed E-state index contributed by atoms with van der Waals surface area (Å²) in [7, 11) is 0. The van der Waals surface area contributed by atoms with E-state index in [0.29, 0.717) is 4.68 Å². The molecule has 0 aromatic carbocycles. The minimum absolute atomic E-state index is 0.0301. The summed E-state index contributed by atoms with van der Waals surface area (Å²) in [4.78, 5) is 10.1. The third-order valence-corrected chi connectivity index (χ3v) is 1.98. The molecule has 0 amide bonds. The summed E-state index contributed by atoms with van der Waals surface area (Å²) in [6.45, 7) is 0. The molecule has 1 rings (SSSR count). The summed E-state index contributed by atoms with van der Waals surface area (Å²) in [5.74, 6) is -0.431. The highest BCUT2D eigenvalue weighted by atomic mass is 32.1. The van der Waals surface area contributed by atoms with Crippen LogP contribution < -0.4 is 0 Å². The maximum Gasteiger partial charge on any atom is 0.268 e. The van der Waals surface area contributed by atoms with E-state index in [1.54, 1.807) is 0 Å². The molecule has 0 fully saturated rings. The molecule has 5 nitrogen and oxygen atoms in total. The largest absolute Gasteiger partial charge is 0.490 e. The molecule has 0 aliphatic heterocycles. The van der Waals surface area contributed by atoms with E-state index < -0.39 is 10.9 Å². The van der Waals surface area contributed by atoms with Crippen LogP contribution in [0.5, 0.6) is 5.88 Å². The Morgan fingerprint density at radius 2 is 2.50 bits per heavy atom. The number of aromatic nitrogens is 1. The fraction of sp³-hybridized carbons (Fsp3) is 0. The average Bonchev–Trinajstić information content (AvgIpc) is 2.11. The van der Waals surface area contributed by atoms with Crippen molar-refractivity contribution in [1.29, 1.82) is 0 Å². The molecule has 0 atom stereocenters. The summed E-state index contributed by atoms with van der Waals surface area (Å²) < 4.78 is 0.475. The molecule has 0 spiro atoms. The van der Waals surface area contributed by atoms with Crippen LogP contribution in [-0.2, 0) is 0 Å². The minimum atomic E-state index is -0.770. The van der Waals surface area contributed by atoms with Crippen LogP contribution in [-0.4, -0.2) is 14.8 Å². The van der Waals surface area contributed by atoms with Crippen molar-refractivity contribution >= 4 is 23.6 Å². The average molecular weight is 178 g/mol. The van der Waals surface area contributed by atoms with Gasteiger partial charge in [-0.05, 0) is 16.9 Å². The van der Waals surface area contributed by atoms with Gasteiger partial charge in [-0.15, -0.1) is 11.3 Å². The number of aromatic hydroxyl groups is 1. The highest BCUT2D eigenvalue weighted by Crippen LogP contribution is 2.15. The van der Waals surface area contributed by atoms with Gasteiger partial charge in [0.25, 0.3) is 5.88 Å². The predicted molar refractivity (Wildman–Crippen MR) is 37.2 cm³/mol. The van der Waals surface area contributed by atoms with Crippen molar-refractivity contribution in [2.24, 2.45) is 0 Å².